The Morgan fingerprint density at radius 2 is 2.04 bits per heavy atom. The number of nitrogens with one attached hydrogen (secondary N) is 1. The van der Waals surface area contributed by atoms with E-state index in [1.807, 2.05) is 36.7 Å². The molecule has 4 nitrogen and oxygen atoms in total. The van der Waals surface area contributed by atoms with Crippen molar-refractivity contribution < 1.29 is 4.79 Å². The van der Waals surface area contributed by atoms with Gasteiger partial charge in [-0.2, -0.15) is 5.10 Å². The van der Waals surface area contributed by atoms with Gasteiger partial charge in [0.25, 0.3) is 0 Å². The average molecular weight is 352 g/mol. The summed E-state index contributed by atoms with van der Waals surface area (Å²) >= 11 is 12.1. The summed E-state index contributed by atoms with van der Waals surface area (Å²) in [6.45, 7) is 5.11. The maximum absolute atomic E-state index is 11.8. The number of amides is 1. The zero-order chi connectivity index (χ0) is 16.8. The van der Waals surface area contributed by atoms with Crippen LogP contribution in [0.15, 0.2) is 30.3 Å². The molecule has 2 rings (SSSR count). The Bertz CT molecular complexity index is 723. The molecule has 0 aliphatic rings. The molecule has 2 aromatic rings. The Morgan fingerprint density at radius 1 is 1.30 bits per heavy atom. The normalized spacial score (nSPS) is 11.1. The summed E-state index contributed by atoms with van der Waals surface area (Å²) in [5.74, 6) is -0.142. The second-order valence-electron chi connectivity index (χ2n) is 5.21. The maximum atomic E-state index is 11.8. The molecule has 1 amide bonds. The van der Waals surface area contributed by atoms with Crippen LogP contribution >= 0.6 is 23.2 Å². The minimum Gasteiger partial charge on any atom is -0.352 e. The molecule has 0 fully saturated rings. The SMILES string of the molecule is Cc1nn(CCCNC(=O)/C=C/c2ccccc2Cl)c(C)c1Cl. The number of hydrogen-bond acceptors (Lipinski definition) is 2. The largest absolute Gasteiger partial charge is 0.352 e. The topological polar surface area (TPSA) is 46.9 Å². The molecule has 6 heteroatoms. The van der Waals surface area contributed by atoms with E-state index in [1.54, 1.807) is 12.1 Å². The van der Waals surface area contributed by atoms with Crippen LogP contribution in [-0.2, 0) is 11.3 Å². The van der Waals surface area contributed by atoms with E-state index in [2.05, 4.69) is 10.4 Å². The van der Waals surface area contributed by atoms with Crippen molar-refractivity contribution in [3.05, 3.63) is 57.3 Å². The molecule has 1 aromatic carbocycles. The predicted molar refractivity (Wildman–Crippen MR) is 94.8 cm³/mol. The quantitative estimate of drug-likeness (QED) is 0.630. The number of halogens is 2. The first-order valence-electron chi connectivity index (χ1n) is 7.39. The van der Waals surface area contributed by atoms with Gasteiger partial charge < -0.3 is 5.32 Å². The molecule has 1 N–H and O–H groups in total. The molecule has 0 unspecified atom stereocenters. The van der Waals surface area contributed by atoms with Crippen LogP contribution < -0.4 is 5.32 Å². The summed E-state index contributed by atoms with van der Waals surface area (Å²) in [6.07, 6.45) is 3.98. The third-order valence-corrected chi connectivity index (χ3v) is 4.35. The third-order valence-electron chi connectivity index (χ3n) is 3.46. The fraction of sp³-hybridized carbons (Fsp3) is 0.294. The number of nitrogens with zero attached hydrogens (tertiary/aromatic N) is 2. The Kier molecular flexibility index (Phi) is 6.25. The first kappa shape index (κ1) is 17.6. The van der Waals surface area contributed by atoms with Crippen LogP contribution in [0.2, 0.25) is 10.0 Å². The first-order chi connectivity index (χ1) is 11.0. The molecule has 122 valence electrons. The number of rotatable bonds is 6. The highest BCUT2D eigenvalue weighted by Gasteiger charge is 2.08. The summed E-state index contributed by atoms with van der Waals surface area (Å²) in [5.41, 5.74) is 2.60. The van der Waals surface area contributed by atoms with Gasteiger partial charge in [-0.25, -0.2) is 0 Å². The van der Waals surface area contributed by atoms with Gasteiger partial charge in [-0.1, -0.05) is 41.4 Å². The van der Waals surface area contributed by atoms with E-state index >= 15 is 0 Å². The van der Waals surface area contributed by atoms with Crippen molar-refractivity contribution >= 4 is 35.2 Å². The van der Waals surface area contributed by atoms with Crippen LogP contribution in [-0.4, -0.2) is 22.2 Å². The van der Waals surface area contributed by atoms with Gasteiger partial charge in [0.15, 0.2) is 0 Å². The zero-order valence-corrected chi connectivity index (χ0v) is 14.7. The van der Waals surface area contributed by atoms with Crippen molar-refractivity contribution in [3.63, 3.8) is 0 Å². The van der Waals surface area contributed by atoms with Gasteiger partial charge in [0, 0.05) is 24.2 Å². The van der Waals surface area contributed by atoms with Crippen molar-refractivity contribution in [3.8, 4) is 0 Å². The molecule has 0 aliphatic carbocycles. The van der Waals surface area contributed by atoms with E-state index in [0.29, 0.717) is 23.1 Å². The van der Waals surface area contributed by atoms with Crippen LogP contribution in [0, 0.1) is 13.8 Å². The highest BCUT2D eigenvalue weighted by Crippen LogP contribution is 2.19. The molecule has 0 spiro atoms. The predicted octanol–water partition coefficient (Wildman–Crippen LogP) is 4.03. The van der Waals surface area contributed by atoms with Crippen LogP contribution in [0.5, 0.6) is 0 Å². The minimum absolute atomic E-state index is 0.142. The van der Waals surface area contributed by atoms with Crippen LogP contribution in [0.25, 0.3) is 6.08 Å². The van der Waals surface area contributed by atoms with E-state index in [-0.39, 0.29) is 5.91 Å². The van der Waals surface area contributed by atoms with Gasteiger partial charge in [0.05, 0.1) is 16.4 Å². The Hall–Kier alpha value is -1.78. The maximum Gasteiger partial charge on any atom is 0.244 e. The van der Waals surface area contributed by atoms with Gasteiger partial charge in [-0.15, -0.1) is 0 Å². The smallest absolute Gasteiger partial charge is 0.244 e. The number of carbonyl (C=O) groups is 1. The van der Waals surface area contributed by atoms with Crippen molar-refractivity contribution in [2.45, 2.75) is 26.8 Å². The molecular weight excluding hydrogens is 333 g/mol. The Labute approximate surface area is 146 Å². The van der Waals surface area contributed by atoms with Crippen LogP contribution in [0.3, 0.4) is 0 Å². The Morgan fingerprint density at radius 3 is 2.70 bits per heavy atom. The zero-order valence-electron chi connectivity index (χ0n) is 13.1. The highest BCUT2D eigenvalue weighted by atomic mass is 35.5. The summed E-state index contributed by atoms with van der Waals surface area (Å²) in [6, 6.07) is 7.38. The summed E-state index contributed by atoms with van der Waals surface area (Å²) in [4.78, 5) is 11.8. The molecule has 0 radical (unpaired) electrons. The number of carbonyl (C=O) groups excluding carboxylic acids is 1. The van der Waals surface area contributed by atoms with Gasteiger partial charge in [0.2, 0.25) is 5.91 Å². The lowest BCUT2D eigenvalue weighted by molar-refractivity contribution is -0.116. The summed E-state index contributed by atoms with van der Waals surface area (Å²) in [7, 11) is 0. The fourth-order valence-electron chi connectivity index (χ4n) is 2.17. The average Bonchev–Trinajstić information content (AvgIpc) is 2.78. The van der Waals surface area contributed by atoms with Crippen LogP contribution in [0.1, 0.15) is 23.4 Å². The number of hydrogen-bond donors (Lipinski definition) is 1. The molecule has 0 aliphatic heterocycles. The van der Waals surface area contributed by atoms with E-state index in [0.717, 1.165) is 23.4 Å². The molecule has 0 atom stereocenters. The van der Waals surface area contributed by atoms with Gasteiger partial charge in [-0.05, 0) is 38.0 Å². The monoisotopic (exact) mass is 351 g/mol. The van der Waals surface area contributed by atoms with Crippen LogP contribution in [0.4, 0.5) is 0 Å². The number of aromatic nitrogens is 2. The molecular formula is C17H19Cl2N3O. The fourth-order valence-corrected chi connectivity index (χ4v) is 2.50. The summed E-state index contributed by atoms with van der Waals surface area (Å²) < 4.78 is 1.86. The van der Waals surface area contributed by atoms with E-state index in [9.17, 15) is 4.79 Å². The van der Waals surface area contributed by atoms with Crippen molar-refractivity contribution in [1.82, 2.24) is 15.1 Å². The molecule has 0 saturated carbocycles. The van der Waals surface area contributed by atoms with E-state index < -0.39 is 0 Å². The molecule has 1 heterocycles. The second kappa shape index (κ2) is 8.18. The van der Waals surface area contributed by atoms with Crippen molar-refractivity contribution in [2.75, 3.05) is 6.54 Å². The first-order valence-corrected chi connectivity index (χ1v) is 8.14. The lowest BCUT2D eigenvalue weighted by Crippen LogP contribution is -2.23. The minimum atomic E-state index is -0.142. The summed E-state index contributed by atoms with van der Waals surface area (Å²) in [5, 5.41) is 8.52. The van der Waals surface area contributed by atoms with Crippen molar-refractivity contribution in [2.24, 2.45) is 0 Å². The number of benzene rings is 1. The van der Waals surface area contributed by atoms with Crippen molar-refractivity contribution in [1.29, 1.82) is 0 Å². The molecule has 1 aromatic heterocycles. The van der Waals surface area contributed by atoms with Gasteiger partial charge in [-0.3, -0.25) is 9.48 Å². The second-order valence-corrected chi connectivity index (χ2v) is 5.99. The highest BCUT2D eigenvalue weighted by molar-refractivity contribution is 6.32. The van der Waals surface area contributed by atoms with E-state index in [1.165, 1.54) is 6.08 Å². The third kappa shape index (κ3) is 4.85. The standard InChI is InChI=1S/C17H19Cl2N3O/c1-12-17(19)13(2)22(21-12)11-5-10-20-16(23)9-8-14-6-3-4-7-15(14)18/h3-4,6-9H,5,10-11H2,1-2H3,(H,20,23)/b9-8+. The molecule has 23 heavy (non-hydrogen) atoms. The van der Waals surface area contributed by atoms with Gasteiger partial charge in [0.1, 0.15) is 0 Å². The molecule has 0 bridgehead atoms. The lowest BCUT2D eigenvalue weighted by atomic mass is 10.2. The number of aryl methyl sites for hydroxylation is 2. The lowest BCUT2D eigenvalue weighted by Gasteiger charge is -2.05. The van der Waals surface area contributed by atoms with Gasteiger partial charge >= 0.3 is 0 Å². The molecule has 0 saturated heterocycles. The Balaban J connectivity index is 1.77. The van der Waals surface area contributed by atoms with E-state index in [4.69, 9.17) is 23.2 Å².